The van der Waals surface area contributed by atoms with Gasteiger partial charge in [0.1, 0.15) is 32.9 Å². The summed E-state index contributed by atoms with van der Waals surface area (Å²) in [6.45, 7) is -1.27. The van der Waals surface area contributed by atoms with E-state index in [2.05, 4.69) is 58.9 Å². The van der Waals surface area contributed by atoms with Crippen molar-refractivity contribution < 1.29 is 199 Å². The summed E-state index contributed by atoms with van der Waals surface area (Å²) in [7, 11) is -16.8. The van der Waals surface area contributed by atoms with E-state index in [1.807, 2.05) is 0 Å². The second kappa shape index (κ2) is 30.2. The van der Waals surface area contributed by atoms with Gasteiger partial charge in [0, 0.05) is 11.9 Å². The Morgan fingerprint density at radius 3 is 1.65 bits per heavy atom. The maximum atomic E-state index is 12.7. The van der Waals surface area contributed by atoms with Crippen LogP contribution in [-0.4, -0.2) is 74.5 Å². The smallest absolute Gasteiger partial charge is 0.744 e. The van der Waals surface area contributed by atoms with E-state index in [0.29, 0.717) is 12.0 Å². The first-order chi connectivity index (χ1) is 28.8. The zero-order valence-corrected chi connectivity index (χ0v) is 47.2. The summed E-state index contributed by atoms with van der Waals surface area (Å²) in [5.74, 6) is -1.32. The topological polar surface area (TPSA) is 396 Å². The molecule has 4 aromatic rings. The summed E-state index contributed by atoms with van der Waals surface area (Å²) in [5.41, 5.74) is 5.45. The SMILES string of the molecule is CNc1c(N=Nc2ccc(S(=O)(=O)CCOSOO[O-])cc2)cc(N=Nc2cc(SOO[O-])ccc2S(=O)(=O)[O-])c(N)c1N=Nc1ccc(S(=O)(=O)CCOS(=O)(=O)[O-])cc1.[Na+].[Na+].[Na+].[Na+]. The molecule has 0 radical (unpaired) electrons. The molecule has 0 aliphatic heterocycles. The maximum Gasteiger partial charge on any atom is 1.00 e. The predicted octanol–water partition coefficient (Wildman–Crippen LogP) is -8.47. The molecule has 330 valence electrons. The summed E-state index contributed by atoms with van der Waals surface area (Å²) >= 11 is 0.508. The standard InChI is InChI=1S/C29H30N8O18S6.4Na/c1-31-28-25(36-32-18-2-7-21(8-3-18)58(40,41)14-12-50-57-55-53-39)17-24(35-34-23-16-20(56-54-52-38)6-11-26(23)60(44,45)46)27(30)29(28)37-33-19-4-9-22(10-5-19)59(42,43)15-13-51-61(47,48)49;;;;/h2-11,16-17,31,38-39H,12-15,30H2,1H3,(H,44,45,46)(H,47,48,49);;;;/q;4*+1/p-4. The van der Waals surface area contributed by atoms with Gasteiger partial charge in [-0.25, -0.2) is 33.7 Å². The Balaban J connectivity index is 0.0000102. The first kappa shape index (κ1) is 64.4. The predicted molar refractivity (Wildman–Crippen MR) is 204 cm³/mol. The Kier molecular flexibility index (Phi) is 29.9. The van der Waals surface area contributed by atoms with E-state index < -0.39 is 68.9 Å². The molecule has 4 aromatic carbocycles. The Morgan fingerprint density at radius 1 is 0.631 bits per heavy atom. The van der Waals surface area contributed by atoms with E-state index >= 15 is 0 Å². The number of nitrogen functional groups attached to an aromatic ring is 1. The molecule has 65 heavy (non-hydrogen) atoms. The summed E-state index contributed by atoms with van der Waals surface area (Å²) in [5, 5.41) is 53.9. The van der Waals surface area contributed by atoms with E-state index in [4.69, 9.17) is 9.92 Å². The number of hydrogen-bond acceptors (Lipinski definition) is 28. The quantitative estimate of drug-likeness (QED) is 0.00802. The Bertz CT molecular complexity index is 2730. The van der Waals surface area contributed by atoms with Crippen LogP contribution < -0.4 is 140 Å². The largest absolute Gasteiger partial charge is 1.00 e. The van der Waals surface area contributed by atoms with Crippen LogP contribution in [0, 0.1) is 0 Å². The molecule has 4 rings (SSSR count). The molecule has 0 atom stereocenters. The number of rotatable bonds is 23. The van der Waals surface area contributed by atoms with Gasteiger partial charge >= 0.3 is 118 Å². The van der Waals surface area contributed by atoms with Crippen molar-refractivity contribution in [2.45, 2.75) is 19.6 Å². The van der Waals surface area contributed by atoms with Crippen LogP contribution in [0.4, 0.5) is 45.5 Å². The van der Waals surface area contributed by atoms with Crippen molar-refractivity contribution in [2.75, 3.05) is 42.8 Å². The third kappa shape index (κ3) is 20.7. The molecular formula is C29H26N8Na4O18S6. The monoisotopic (exact) mass is 1060 g/mol. The first-order valence-corrected chi connectivity index (χ1v) is 23.4. The second-order valence-electron chi connectivity index (χ2n) is 11.1. The molecule has 0 bridgehead atoms. The summed E-state index contributed by atoms with van der Waals surface area (Å²) < 4.78 is 135. The zero-order valence-electron chi connectivity index (χ0n) is 34.3. The molecule has 0 aliphatic carbocycles. The summed E-state index contributed by atoms with van der Waals surface area (Å²) in [4.78, 5) is -1.14. The molecular weight excluding hydrogens is 1030 g/mol. The van der Waals surface area contributed by atoms with Crippen molar-refractivity contribution in [3.63, 3.8) is 0 Å². The third-order valence-corrected chi connectivity index (χ3v) is 12.9. The van der Waals surface area contributed by atoms with Crippen molar-refractivity contribution in [1.29, 1.82) is 0 Å². The second-order valence-corrected chi connectivity index (χ2v) is 19.0. The van der Waals surface area contributed by atoms with E-state index in [9.17, 15) is 53.3 Å². The van der Waals surface area contributed by atoms with Gasteiger partial charge in [0.15, 0.2) is 32.0 Å². The number of anilines is 2. The van der Waals surface area contributed by atoms with E-state index in [-0.39, 0.29) is 192 Å². The molecule has 0 aromatic heterocycles. The first-order valence-electron chi connectivity index (χ1n) is 15.9. The van der Waals surface area contributed by atoms with Crippen LogP contribution in [0.5, 0.6) is 0 Å². The van der Waals surface area contributed by atoms with Crippen LogP contribution in [0.3, 0.4) is 0 Å². The van der Waals surface area contributed by atoms with Gasteiger partial charge in [0.2, 0.25) is 10.4 Å². The van der Waals surface area contributed by atoms with Crippen molar-refractivity contribution in [2.24, 2.45) is 30.7 Å². The molecule has 0 unspecified atom stereocenters. The van der Waals surface area contributed by atoms with Crippen molar-refractivity contribution >= 4 is 110 Å². The van der Waals surface area contributed by atoms with Crippen LogP contribution in [0.1, 0.15) is 0 Å². The molecule has 26 nitrogen and oxygen atoms in total. The molecule has 0 aliphatic rings. The fourth-order valence-corrected chi connectivity index (χ4v) is 8.39. The number of benzene rings is 4. The fourth-order valence-electron chi connectivity index (χ4n) is 4.52. The zero-order chi connectivity index (χ0) is 44.8. The Morgan fingerprint density at radius 2 is 1.14 bits per heavy atom. The molecule has 0 saturated heterocycles. The fraction of sp³-hybridized carbons (Fsp3) is 0.172. The van der Waals surface area contributed by atoms with Crippen LogP contribution in [0.2, 0.25) is 0 Å². The van der Waals surface area contributed by atoms with Gasteiger partial charge in [-0.3, -0.25) is 18.4 Å². The van der Waals surface area contributed by atoms with Crippen LogP contribution in [-0.2, 0) is 67.3 Å². The Labute approximate surface area is 468 Å². The van der Waals surface area contributed by atoms with Crippen LogP contribution in [0.25, 0.3) is 0 Å². The number of sulfone groups is 2. The molecule has 36 heteroatoms. The maximum absolute atomic E-state index is 12.7. The van der Waals surface area contributed by atoms with E-state index in [1.54, 1.807) is 0 Å². The minimum atomic E-state index is -5.14. The molecule has 0 amide bonds. The van der Waals surface area contributed by atoms with Gasteiger partial charge in [-0.2, -0.15) is 14.6 Å². The minimum Gasteiger partial charge on any atom is -0.744 e. The molecule has 0 saturated carbocycles. The normalized spacial score (nSPS) is 12.1. The number of hydrogen-bond donors (Lipinski definition) is 2. The van der Waals surface area contributed by atoms with Gasteiger partial charge in [0.05, 0.1) is 74.2 Å². The average molecular weight is 1060 g/mol. The van der Waals surface area contributed by atoms with Crippen molar-refractivity contribution in [3.8, 4) is 0 Å². The summed E-state index contributed by atoms with van der Waals surface area (Å²) in [6, 6.07) is 14.1. The van der Waals surface area contributed by atoms with Gasteiger partial charge in [-0.1, -0.05) is 0 Å². The number of nitrogens with zero attached hydrogens (tertiary/aromatic N) is 6. The number of azo groups is 3. The van der Waals surface area contributed by atoms with Crippen LogP contribution in [0.15, 0.2) is 123 Å². The van der Waals surface area contributed by atoms with Gasteiger partial charge in [-0.15, -0.1) is 24.8 Å². The average Bonchev–Trinajstić information content (AvgIpc) is 3.20. The molecule has 3 N–H and O–H groups in total. The molecule has 0 fully saturated rings. The van der Waals surface area contributed by atoms with E-state index in [0.717, 1.165) is 30.3 Å². The number of nitrogens with one attached hydrogen (secondary N) is 1. The number of nitrogens with two attached hydrogens (primary N) is 1. The van der Waals surface area contributed by atoms with Crippen molar-refractivity contribution in [3.05, 3.63) is 72.8 Å². The Hall–Kier alpha value is -0.620. The van der Waals surface area contributed by atoms with Crippen LogP contribution >= 0.6 is 24.4 Å². The molecule has 0 heterocycles. The van der Waals surface area contributed by atoms with Gasteiger partial charge in [-0.05, 0) is 72.8 Å². The summed E-state index contributed by atoms with van der Waals surface area (Å²) in [6.07, 6.45) is 0. The third-order valence-electron chi connectivity index (χ3n) is 7.22. The van der Waals surface area contributed by atoms with E-state index in [1.165, 1.54) is 49.5 Å². The molecule has 0 spiro atoms. The van der Waals surface area contributed by atoms with Gasteiger partial charge in [0.25, 0.3) is 0 Å². The van der Waals surface area contributed by atoms with Crippen molar-refractivity contribution in [1.82, 2.24) is 0 Å². The minimum absolute atomic E-state index is 0. The van der Waals surface area contributed by atoms with Gasteiger partial charge < -0.3 is 30.7 Å².